The van der Waals surface area contributed by atoms with Crippen molar-refractivity contribution in [1.82, 2.24) is 14.8 Å². The molecule has 5 nitrogen and oxygen atoms in total. The molecule has 1 aromatic rings. The Morgan fingerprint density at radius 3 is 3.05 bits per heavy atom. The van der Waals surface area contributed by atoms with Gasteiger partial charge in [0.05, 0.1) is 17.7 Å². The van der Waals surface area contributed by atoms with E-state index in [1.54, 1.807) is 16.2 Å². The van der Waals surface area contributed by atoms with Crippen LogP contribution < -0.4 is 0 Å². The predicted molar refractivity (Wildman–Crippen MR) is 73.1 cm³/mol. The third-order valence-electron chi connectivity index (χ3n) is 4.06. The zero-order valence-corrected chi connectivity index (χ0v) is 12.2. The SMILES string of the molecule is Cc1ncsc1CN1CC[C@@]2(C1)CN(C)C(=O)CO2. The van der Waals surface area contributed by atoms with Crippen LogP contribution in [0.2, 0.25) is 0 Å². The molecule has 1 atom stereocenters. The van der Waals surface area contributed by atoms with Crippen LogP contribution in [0.4, 0.5) is 0 Å². The van der Waals surface area contributed by atoms with E-state index in [1.807, 2.05) is 12.6 Å². The van der Waals surface area contributed by atoms with Crippen LogP contribution in [0.3, 0.4) is 0 Å². The van der Waals surface area contributed by atoms with Crippen LogP contribution in [-0.2, 0) is 16.1 Å². The van der Waals surface area contributed by atoms with Gasteiger partial charge >= 0.3 is 0 Å². The molecule has 3 rings (SSSR count). The summed E-state index contributed by atoms with van der Waals surface area (Å²) in [5.74, 6) is 0.0855. The molecular formula is C13H19N3O2S. The first kappa shape index (κ1) is 13.0. The van der Waals surface area contributed by atoms with Gasteiger partial charge in [0.1, 0.15) is 12.2 Å². The monoisotopic (exact) mass is 281 g/mol. The fourth-order valence-electron chi connectivity index (χ4n) is 2.88. The number of amides is 1. The lowest BCUT2D eigenvalue weighted by Crippen LogP contribution is -2.54. The summed E-state index contributed by atoms with van der Waals surface area (Å²) in [5, 5.41) is 0. The van der Waals surface area contributed by atoms with Crippen molar-refractivity contribution in [3.05, 3.63) is 16.1 Å². The topological polar surface area (TPSA) is 45.7 Å². The molecule has 2 aliphatic rings. The van der Waals surface area contributed by atoms with E-state index < -0.39 is 0 Å². The fraction of sp³-hybridized carbons (Fsp3) is 0.692. The van der Waals surface area contributed by atoms with Crippen molar-refractivity contribution in [3.63, 3.8) is 0 Å². The number of morpholine rings is 1. The number of hydrogen-bond acceptors (Lipinski definition) is 5. The van der Waals surface area contributed by atoms with Gasteiger partial charge in [-0.2, -0.15) is 0 Å². The van der Waals surface area contributed by atoms with Crippen molar-refractivity contribution < 1.29 is 9.53 Å². The van der Waals surface area contributed by atoms with Crippen molar-refractivity contribution in [2.75, 3.05) is 33.3 Å². The minimum Gasteiger partial charge on any atom is -0.362 e. The van der Waals surface area contributed by atoms with E-state index in [9.17, 15) is 4.79 Å². The zero-order chi connectivity index (χ0) is 13.5. The number of rotatable bonds is 2. The summed E-state index contributed by atoms with van der Waals surface area (Å²) in [6.45, 7) is 5.87. The zero-order valence-electron chi connectivity index (χ0n) is 11.4. The summed E-state index contributed by atoms with van der Waals surface area (Å²) in [5.41, 5.74) is 2.88. The largest absolute Gasteiger partial charge is 0.362 e. The van der Waals surface area contributed by atoms with E-state index in [0.29, 0.717) is 6.54 Å². The number of ether oxygens (including phenoxy) is 1. The Morgan fingerprint density at radius 2 is 2.37 bits per heavy atom. The molecule has 0 radical (unpaired) electrons. The van der Waals surface area contributed by atoms with Gasteiger partial charge in [0.2, 0.25) is 5.91 Å². The molecular weight excluding hydrogens is 262 g/mol. The third-order valence-corrected chi connectivity index (χ3v) is 4.98. The van der Waals surface area contributed by atoms with Gasteiger partial charge in [-0.15, -0.1) is 11.3 Å². The molecule has 1 amide bonds. The van der Waals surface area contributed by atoms with Gasteiger partial charge in [-0.3, -0.25) is 9.69 Å². The van der Waals surface area contributed by atoms with E-state index in [0.717, 1.165) is 31.7 Å². The number of thiazole rings is 1. The van der Waals surface area contributed by atoms with Crippen LogP contribution >= 0.6 is 11.3 Å². The maximum absolute atomic E-state index is 11.5. The van der Waals surface area contributed by atoms with E-state index in [4.69, 9.17) is 4.74 Å². The highest BCUT2D eigenvalue weighted by molar-refractivity contribution is 7.09. The smallest absolute Gasteiger partial charge is 0.248 e. The third kappa shape index (κ3) is 2.52. The Bertz CT molecular complexity index is 490. The molecule has 2 aliphatic heterocycles. The van der Waals surface area contributed by atoms with Gasteiger partial charge in [-0.25, -0.2) is 4.98 Å². The molecule has 0 saturated carbocycles. The van der Waals surface area contributed by atoms with Crippen molar-refractivity contribution in [1.29, 1.82) is 0 Å². The van der Waals surface area contributed by atoms with E-state index in [-0.39, 0.29) is 18.1 Å². The Labute approximate surface area is 117 Å². The predicted octanol–water partition coefficient (Wildman–Crippen LogP) is 0.885. The lowest BCUT2D eigenvalue weighted by Gasteiger charge is -2.38. The normalized spacial score (nSPS) is 28.5. The van der Waals surface area contributed by atoms with Crippen LogP contribution in [0.5, 0.6) is 0 Å². The number of aromatic nitrogens is 1. The van der Waals surface area contributed by atoms with E-state index >= 15 is 0 Å². The summed E-state index contributed by atoms with van der Waals surface area (Å²) in [6, 6.07) is 0. The highest BCUT2D eigenvalue weighted by Crippen LogP contribution is 2.30. The van der Waals surface area contributed by atoms with Gasteiger partial charge in [0.15, 0.2) is 0 Å². The summed E-state index contributed by atoms with van der Waals surface area (Å²) >= 11 is 1.71. The molecule has 0 unspecified atom stereocenters. The molecule has 1 aromatic heterocycles. The summed E-state index contributed by atoms with van der Waals surface area (Å²) in [7, 11) is 1.86. The maximum atomic E-state index is 11.5. The van der Waals surface area contributed by atoms with E-state index in [1.165, 1.54) is 4.88 Å². The van der Waals surface area contributed by atoms with Crippen LogP contribution in [0.25, 0.3) is 0 Å². The van der Waals surface area contributed by atoms with Crippen molar-refractivity contribution >= 4 is 17.2 Å². The van der Waals surface area contributed by atoms with Crippen LogP contribution in [0.1, 0.15) is 17.0 Å². The van der Waals surface area contributed by atoms with Gasteiger partial charge in [0, 0.05) is 31.6 Å². The molecule has 6 heteroatoms. The average Bonchev–Trinajstić information content (AvgIpc) is 2.94. The van der Waals surface area contributed by atoms with Gasteiger partial charge in [-0.1, -0.05) is 0 Å². The Morgan fingerprint density at radius 1 is 1.53 bits per heavy atom. The number of hydrogen-bond donors (Lipinski definition) is 0. The number of carbonyl (C=O) groups excluding carboxylic acids is 1. The quantitative estimate of drug-likeness (QED) is 0.807. The maximum Gasteiger partial charge on any atom is 0.248 e. The Balaban J connectivity index is 1.64. The standard InChI is InChI=1S/C13H19N3O2S/c1-10-11(19-9-14-10)5-16-4-3-13(8-16)7-15(2)12(17)6-18-13/h9H,3-8H2,1-2H3/t13-/m0/s1. The number of nitrogens with zero attached hydrogens (tertiary/aromatic N) is 3. The molecule has 104 valence electrons. The second kappa shape index (κ2) is 4.85. The molecule has 0 N–H and O–H groups in total. The lowest BCUT2D eigenvalue weighted by molar-refractivity contribution is -0.159. The average molecular weight is 281 g/mol. The van der Waals surface area contributed by atoms with E-state index in [2.05, 4.69) is 16.8 Å². The van der Waals surface area contributed by atoms with Gasteiger partial charge < -0.3 is 9.64 Å². The molecule has 2 saturated heterocycles. The van der Waals surface area contributed by atoms with Gasteiger partial charge in [0.25, 0.3) is 0 Å². The number of likely N-dealkylation sites (tertiary alicyclic amines) is 1. The first-order valence-electron chi connectivity index (χ1n) is 6.57. The summed E-state index contributed by atoms with van der Waals surface area (Å²) in [6.07, 6.45) is 1.00. The molecule has 0 aromatic carbocycles. The number of aryl methyl sites for hydroxylation is 1. The van der Waals surface area contributed by atoms with Crippen LogP contribution in [0, 0.1) is 6.92 Å². The second-order valence-electron chi connectivity index (χ2n) is 5.54. The Hall–Kier alpha value is -0.980. The molecule has 1 spiro atoms. The van der Waals surface area contributed by atoms with Crippen LogP contribution in [-0.4, -0.2) is 59.6 Å². The highest BCUT2D eigenvalue weighted by Gasteiger charge is 2.44. The minimum absolute atomic E-state index is 0.0855. The first-order valence-corrected chi connectivity index (χ1v) is 7.45. The molecule has 3 heterocycles. The minimum atomic E-state index is -0.152. The second-order valence-corrected chi connectivity index (χ2v) is 6.48. The molecule has 0 bridgehead atoms. The summed E-state index contributed by atoms with van der Waals surface area (Å²) in [4.78, 5) is 21.3. The highest BCUT2D eigenvalue weighted by atomic mass is 32.1. The van der Waals surface area contributed by atoms with Crippen molar-refractivity contribution in [2.45, 2.75) is 25.5 Å². The Kier molecular flexibility index (Phi) is 3.32. The number of likely N-dealkylation sites (N-methyl/N-ethyl adjacent to an activating group) is 1. The molecule has 19 heavy (non-hydrogen) atoms. The lowest BCUT2D eigenvalue weighted by atomic mass is 10.0. The molecule has 2 fully saturated rings. The summed E-state index contributed by atoms with van der Waals surface area (Å²) < 4.78 is 5.84. The van der Waals surface area contributed by atoms with Crippen molar-refractivity contribution in [3.8, 4) is 0 Å². The van der Waals surface area contributed by atoms with Gasteiger partial charge in [-0.05, 0) is 13.3 Å². The first-order chi connectivity index (χ1) is 9.08. The van der Waals surface area contributed by atoms with Crippen LogP contribution in [0.15, 0.2) is 5.51 Å². The van der Waals surface area contributed by atoms with Crippen molar-refractivity contribution in [2.24, 2.45) is 0 Å². The molecule has 0 aliphatic carbocycles. The number of carbonyl (C=O) groups is 1. The fourth-order valence-corrected chi connectivity index (χ4v) is 3.70.